The Kier molecular flexibility index (Phi) is 7.49. The molecule has 1 saturated heterocycles. The van der Waals surface area contributed by atoms with Gasteiger partial charge in [0.25, 0.3) is 0 Å². The molecule has 8 nitrogen and oxygen atoms in total. The van der Waals surface area contributed by atoms with Gasteiger partial charge in [-0.2, -0.15) is 0 Å². The largest absolute Gasteiger partial charge is 0.482 e. The van der Waals surface area contributed by atoms with E-state index in [0.717, 1.165) is 41.6 Å². The predicted molar refractivity (Wildman–Crippen MR) is 127 cm³/mol. The van der Waals surface area contributed by atoms with Gasteiger partial charge in [-0.05, 0) is 30.2 Å². The average molecular weight is 467 g/mol. The van der Waals surface area contributed by atoms with E-state index in [0.29, 0.717) is 12.3 Å². The van der Waals surface area contributed by atoms with E-state index in [1.165, 1.54) is 0 Å². The molecule has 1 amide bonds. The van der Waals surface area contributed by atoms with Crippen molar-refractivity contribution in [2.24, 2.45) is 0 Å². The Bertz CT molecular complexity index is 1140. The van der Waals surface area contributed by atoms with Gasteiger partial charge in [-0.25, -0.2) is 4.79 Å². The molecule has 2 atom stereocenters. The van der Waals surface area contributed by atoms with Crippen LogP contribution in [0, 0.1) is 0 Å². The number of nitrogens with zero attached hydrogens (tertiary/aromatic N) is 2. The Balaban J connectivity index is 1.56. The summed E-state index contributed by atoms with van der Waals surface area (Å²) in [6.45, 7) is 1.91. The summed E-state index contributed by atoms with van der Waals surface area (Å²) < 4.78 is 16.5. The number of ether oxygens (including phenoxy) is 2. The number of carbonyl (C=O) groups is 2. The highest BCUT2D eigenvalue weighted by Crippen LogP contribution is 2.28. The zero-order chi connectivity index (χ0) is 24.1. The van der Waals surface area contributed by atoms with E-state index in [-0.39, 0.29) is 24.5 Å². The molecule has 0 aliphatic carbocycles. The van der Waals surface area contributed by atoms with Crippen molar-refractivity contribution in [2.45, 2.75) is 25.0 Å². The molecule has 0 saturated carbocycles. The number of likely N-dealkylation sites (tertiary alicyclic amines) is 1. The van der Waals surface area contributed by atoms with Crippen LogP contribution in [0.25, 0.3) is 11.0 Å². The van der Waals surface area contributed by atoms with Gasteiger partial charge in [0.15, 0.2) is 6.61 Å². The highest BCUT2D eigenvalue weighted by atomic mass is 16.5. The number of rotatable bonds is 10. The minimum Gasteiger partial charge on any atom is -0.482 e. The fourth-order valence-corrected chi connectivity index (χ4v) is 4.44. The van der Waals surface area contributed by atoms with Gasteiger partial charge in [-0.1, -0.05) is 30.3 Å². The van der Waals surface area contributed by atoms with Gasteiger partial charge in [0, 0.05) is 44.7 Å². The second-order valence-corrected chi connectivity index (χ2v) is 8.62. The molecule has 0 spiro atoms. The van der Waals surface area contributed by atoms with Crippen LogP contribution in [-0.4, -0.2) is 73.3 Å². The van der Waals surface area contributed by atoms with Gasteiger partial charge < -0.3 is 23.9 Å². The quantitative estimate of drug-likeness (QED) is 0.490. The first kappa shape index (κ1) is 23.8. The summed E-state index contributed by atoms with van der Waals surface area (Å²) in [5.74, 6) is -0.608. The average Bonchev–Trinajstić information content (AvgIpc) is 3.48. The van der Waals surface area contributed by atoms with E-state index in [2.05, 4.69) is 4.90 Å². The number of furan rings is 1. The Labute approximate surface area is 198 Å². The molecule has 0 radical (unpaired) electrons. The van der Waals surface area contributed by atoms with Crippen molar-refractivity contribution in [1.82, 2.24) is 9.80 Å². The molecule has 1 aliphatic rings. The Morgan fingerprint density at radius 1 is 1.24 bits per heavy atom. The normalized spacial score (nSPS) is 17.1. The van der Waals surface area contributed by atoms with E-state index in [9.17, 15) is 9.59 Å². The van der Waals surface area contributed by atoms with E-state index in [1.807, 2.05) is 49.5 Å². The fourth-order valence-electron chi connectivity index (χ4n) is 4.44. The zero-order valence-corrected chi connectivity index (χ0v) is 19.5. The number of para-hydroxylation sites is 1. The van der Waals surface area contributed by atoms with Crippen LogP contribution in [0.2, 0.25) is 0 Å². The first-order valence-corrected chi connectivity index (χ1v) is 11.3. The van der Waals surface area contributed by atoms with Crippen molar-refractivity contribution in [3.05, 3.63) is 65.9 Å². The molecule has 34 heavy (non-hydrogen) atoms. The van der Waals surface area contributed by atoms with Crippen molar-refractivity contribution in [3.63, 3.8) is 0 Å². The minimum atomic E-state index is -1.04. The molecule has 1 N–H and O–H groups in total. The monoisotopic (exact) mass is 466 g/mol. The lowest BCUT2D eigenvalue weighted by Crippen LogP contribution is -2.39. The van der Waals surface area contributed by atoms with Crippen molar-refractivity contribution < 1.29 is 28.6 Å². The van der Waals surface area contributed by atoms with Crippen LogP contribution in [-0.2, 0) is 20.7 Å². The lowest BCUT2D eigenvalue weighted by atomic mass is 10.0. The van der Waals surface area contributed by atoms with Crippen molar-refractivity contribution in [1.29, 1.82) is 0 Å². The van der Waals surface area contributed by atoms with E-state index in [1.54, 1.807) is 24.3 Å². The standard InChI is InChI=1S/C26H30N2O6/c1-27(25(29)13-19-16-34-24-9-4-3-8-22(19)24)23(15-28-11-10-21(14-28)32-2)18-6-5-7-20(12-18)33-17-26(30)31/h3-9,12,16,21,23H,10-11,13-15,17H2,1-2H3,(H,30,31)/t21-,23-/m1/s1. The van der Waals surface area contributed by atoms with Crippen LogP contribution < -0.4 is 4.74 Å². The van der Waals surface area contributed by atoms with E-state index in [4.69, 9.17) is 19.0 Å². The topological polar surface area (TPSA) is 92.5 Å². The number of carboxylic acid groups (broad SMARTS) is 1. The van der Waals surface area contributed by atoms with Gasteiger partial charge in [0.2, 0.25) is 5.91 Å². The first-order valence-electron chi connectivity index (χ1n) is 11.3. The van der Waals surface area contributed by atoms with Gasteiger partial charge in [-0.3, -0.25) is 9.69 Å². The van der Waals surface area contributed by atoms with E-state index < -0.39 is 12.6 Å². The summed E-state index contributed by atoms with van der Waals surface area (Å²) in [4.78, 5) is 28.4. The van der Waals surface area contributed by atoms with Crippen LogP contribution in [0.1, 0.15) is 23.6 Å². The van der Waals surface area contributed by atoms with Crippen LogP contribution in [0.3, 0.4) is 0 Å². The number of likely N-dealkylation sites (N-methyl/N-ethyl adjacent to an activating group) is 1. The third-order valence-corrected chi connectivity index (χ3v) is 6.36. The third-order valence-electron chi connectivity index (χ3n) is 6.36. The van der Waals surface area contributed by atoms with Crippen LogP contribution >= 0.6 is 0 Å². The van der Waals surface area contributed by atoms with Crippen LogP contribution in [0.5, 0.6) is 5.75 Å². The lowest BCUT2D eigenvalue weighted by molar-refractivity contribution is -0.139. The second-order valence-electron chi connectivity index (χ2n) is 8.62. The Hall–Kier alpha value is -3.36. The fraction of sp³-hybridized carbons (Fsp3) is 0.385. The number of fused-ring (bicyclic) bond motifs is 1. The molecule has 180 valence electrons. The maximum atomic E-state index is 13.4. The molecule has 1 aliphatic heterocycles. The molecular formula is C26H30N2O6. The molecule has 2 heterocycles. The first-order chi connectivity index (χ1) is 16.4. The summed E-state index contributed by atoms with van der Waals surface area (Å²) in [5, 5.41) is 9.88. The SMILES string of the molecule is CO[C@@H]1CCN(C[C@H](c2cccc(OCC(=O)O)c2)N(C)C(=O)Cc2coc3ccccc23)C1. The van der Waals surface area contributed by atoms with Crippen LogP contribution in [0.4, 0.5) is 0 Å². The number of hydrogen-bond acceptors (Lipinski definition) is 6. The summed E-state index contributed by atoms with van der Waals surface area (Å²) in [6.07, 6.45) is 3.00. The van der Waals surface area contributed by atoms with Gasteiger partial charge >= 0.3 is 5.97 Å². The molecular weight excluding hydrogens is 436 g/mol. The predicted octanol–water partition coefficient (Wildman–Crippen LogP) is 3.36. The number of amides is 1. The molecule has 0 unspecified atom stereocenters. The molecule has 3 aromatic rings. The second kappa shape index (κ2) is 10.7. The number of carbonyl (C=O) groups excluding carboxylic acids is 1. The smallest absolute Gasteiger partial charge is 0.341 e. The van der Waals surface area contributed by atoms with Gasteiger partial charge in [0.05, 0.1) is 24.8 Å². The Morgan fingerprint density at radius 3 is 2.82 bits per heavy atom. The van der Waals surface area contributed by atoms with Crippen LogP contribution in [0.15, 0.2) is 59.2 Å². The Morgan fingerprint density at radius 2 is 2.06 bits per heavy atom. The minimum absolute atomic E-state index is 0.0316. The third kappa shape index (κ3) is 5.58. The molecule has 2 aromatic carbocycles. The number of methoxy groups -OCH3 is 1. The molecule has 8 heteroatoms. The molecule has 0 bridgehead atoms. The van der Waals surface area contributed by atoms with Gasteiger partial charge in [-0.15, -0.1) is 0 Å². The van der Waals surface area contributed by atoms with E-state index >= 15 is 0 Å². The summed E-state index contributed by atoms with van der Waals surface area (Å²) in [5.41, 5.74) is 2.50. The summed E-state index contributed by atoms with van der Waals surface area (Å²) in [6, 6.07) is 14.7. The lowest BCUT2D eigenvalue weighted by Gasteiger charge is -2.32. The summed E-state index contributed by atoms with van der Waals surface area (Å²) >= 11 is 0. The number of aliphatic carboxylic acids is 1. The van der Waals surface area contributed by atoms with Crippen molar-refractivity contribution >= 4 is 22.8 Å². The highest BCUT2D eigenvalue weighted by Gasteiger charge is 2.29. The van der Waals surface area contributed by atoms with Gasteiger partial charge in [0.1, 0.15) is 11.3 Å². The number of hydrogen-bond donors (Lipinski definition) is 1. The molecule has 1 aromatic heterocycles. The molecule has 4 rings (SSSR count). The number of benzene rings is 2. The summed E-state index contributed by atoms with van der Waals surface area (Å²) in [7, 11) is 3.53. The van der Waals surface area contributed by atoms with Crippen molar-refractivity contribution in [2.75, 3.05) is 40.4 Å². The number of carboxylic acids is 1. The maximum absolute atomic E-state index is 13.4. The highest BCUT2D eigenvalue weighted by molar-refractivity contribution is 5.87. The zero-order valence-electron chi connectivity index (χ0n) is 19.5. The van der Waals surface area contributed by atoms with Crippen molar-refractivity contribution in [3.8, 4) is 5.75 Å². The molecule has 1 fully saturated rings. The maximum Gasteiger partial charge on any atom is 0.341 e.